The lowest BCUT2D eigenvalue weighted by molar-refractivity contribution is -0.384. The number of nitrogens with one attached hydrogen (secondary N) is 3. The number of urea groups is 1. The highest BCUT2D eigenvalue weighted by Crippen LogP contribution is 2.25. The molecule has 1 heterocycles. The lowest BCUT2D eigenvalue weighted by Gasteiger charge is -2.39. The number of nitro groups is 1. The summed E-state index contributed by atoms with van der Waals surface area (Å²) in [4.78, 5) is 22.3. The average Bonchev–Trinajstić information content (AvgIpc) is 2.41. The minimum Gasteiger partial charge on any atom is -0.335 e. The topological polar surface area (TPSA) is 96.3 Å². The molecule has 114 valence electrons. The van der Waals surface area contributed by atoms with Crippen LogP contribution in [-0.2, 0) is 0 Å². The van der Waals surface area contributed by atoms with E-state index in [0.717, 1.165) is 19.5 Å². The van der Waals surface area contributed by atoms with Crippen molar-refractivity contribution in [3.63, 3.8) is 0 Å². The number of hydrogen-bond acceptors (Lipinski definition) is 4. The van der Waals surface area contributed by atoms with E-state index in [1.54, 1.807) is 12.1 Å². The standard InChI is InChI=1S/C14H20N4O3/c1-14(2)9-15-7-6-12(14)17-13(19)16-10-4-3-5-11(8-10)18(20)21/h3-5,8,12,15H,6-7,9H2,1-2H3,(H2,16,17,19). The highest BCUT2D eigenvalue weighted by atomic mass is 16.6. The molecule has 1 atom stereocenters. The largest absolute Gasteiger partial charge is 0.335 e. The molecule has 1 aromatic rings. The van der Waals surface area contributed by atoms with Gasteiger partial charge in [-0.3, -0.25) is 10.1 Å². The number of rotatable bonds is 3. The zero-order valence-electron chi connectivity index (χ0n) is 12.2. The number of hydrogen-bond donors (Lipinski definition) is 3. The Hall–Kier alpha value is -2.15. The van der Waals surface area contributed by atoms with Crippen molar-refractivity contribution in [1.82, 2.24) is 10.6 Å². The molecule has 7 heteroatoms. The molecular weight excluding hydrogens is 272 g/mol. The van der Waals surface area contributed by atoms with Gasteiger partial charge in [-0.05, 0) is 24.4 Å². The van der Waals surface area contributed by atoms with Gasteiger partial charge in [-0.25, -0.2) is 4.79 Å². The molecule has 0 spiro atoms. The van der Waals surface area contributed by atoms with Gasteiger partial charge < -0.3 is 16.0 Å². The molecule has 2 rings (SSSR count). The Kier molecular flexibility index (Phi) is 4.42. The van der Waals surface area contributed by atoms with Gasteiger partial charge in [-0.1, -0.05) is 19.9 Å². The SMILES string of the molecule is CC1(C)CNCCC1NC(=O)Nc1cccc([N+](=O)[O-])c1. The van der Waals surface area contributed by atoms with Crippen LogP contribution in [0.1, 0.15) is 20.3 Å². The van der Waals surface area contributed by atoms with Crippen molar-refractivity contribution in [2.24, 2.45) is 5.41 Å². The molecule has 2 amide bonds. The molecule has 0 aliphatic carbocycles. The van der Waals surface area contributed by atoms with E-state index in [4.69, 9.17) is 0 Å². The molecule has 0 aromatic heterocycles. The number of nitro benzene ring substituents is 1. The van der Waals surface area contributed by atoms with Gasteiger partial charge in [-0.2, -0.15) is 0 Å². The second-order valence-corrected chi connectivity index (χ2v) is 5.91. The summed E-state index contributed by atoms with van der Waals surface area (Å²) in [5.41, 5.74) is 0.335. The molecule has 1 aliphatic rings. The van der Waals surface area contributed by atoms with Crippen LogP contribution in [0.15, 0.2) is 24.3 Å². The summed E-state index contributed by atoms with van der Waals surface area (Å²) < 4.78 is 0. The fourth-order valence-electron chi connectivity index (χ4n) is 2.46. The Balaban J connectivity index is 1.98. The van der Waals surface area contributed by atoms with Gasteiger partial charge >= 0.3 is 6.03 Å². The number of anilines is 1. The Morgan fingerprint density at radius 1 is 1.48 bits per heavy atom. The predicted octanol–water partition coefficient (Wildman–Crippen LogP) is 2.10. The first-order valence-electron chi connectivity index (χ1n) is 6.91. The van der Waals surface area contributed by atoms with Crippen LogP contribution in [0.5, 0.6) is 0 Å². The Morgan fingerprint density at radius 3 is 2.90 bits per heavy atom. The summed E-state index contributed by atoms with van der Waals surface area (Å²) in [5.74, 6) is 0. The molecule has 7 nitrogen and oxygen atoms in total. The molecule has 3 N–H and O–H groups in total. The van der Waals surface area contributed by atoms with Crippen molar-refractivity contribution in [2.75, 3.05) is 18.4 Å². The number of piperidine rings is 1. The molecular formula is C14H20N4O3. The van der Waals surface area contributed by atoms with E-state index in [-0.39, 0.29) is 23.2 Å². The summed E-state index contributed by atoms with van der Waals surface area (Å²) in [6, 6.07) is 5.63. The summed E-state index contributed by atoms with van der Waals surface area (Å²) in [6.45, 7) is 5.90. The van der Waals surface area contributed by atoms with E-state index in [1.807, 2.05) is 0 Å². The second-order valence-electron chi connectivity index (χ2n) is 5.91. The van der Waals surface area contributed by atoms with Crippen LogP contribution in [0.2, 0.25) is 0 Å². The quantitative estimate of drug-likeness (QED) is 0.587. The molecule has 1 aromatic carbocycles. The Morgan fingerprint density at radius 2 is 2.24 bits per heavy atom. The van der Waals surface area contributed by atoms with E-state index >= 15 is 0 Å². The van der Waals surface area contributed by atoms with Crippen LogP contribution in [-0.4, -0.2) is 30.1 Å². The van der Waals surface area contributed by atoms with Gasteiger partial charge in [-0.15, -0.1) is 0 Å². The van der Waals surface area contributed by atoms with E-state index < -0.39 is 4.92 Å². The van der Waals surface area contributed by atoms with Crippen LogP contribution in [0.4, 0.5) is 16.2 Å². The third-order valence-corrected chi connectivity index (χ3v) is 3.75. The molecule has 0 saturated carbocycles. The van der Waals surface area contributed by atoms with Crippen LogP contribution >= 0.6 is 0 Å². The Bertz CT molecular complexity index is 545. The van der Waals surface area contributed by atoms with Gasteiger partial charge in [0.05, 0.1) is 4.92 Å². The lowest BCUT2D eigenvalue weighted by atomic mass is 9.80. The monoisotopic (exact) mass is 292 g/mol. The number of benzene rings is 1. The van der Waals surface area contributed by atoms with Crippen molar-refractivity contribution in [2.45, 2.75) is 26.3 Å². The smallest absolute Gasteiger partial charge is 0.319 e. The van der Waals surface area contributed by atoms with Crippen LogP contribution in [0, 0.1) is 15.5 Å². The zero-order valence-corrected chi connectivity index (χ0v) is 12.2. The number of non-ortho nitro benzene ring substituents is 1. The number of nitrogens with zero attached hydrogens (tertiary/aromatic N) is 1. The maximum atomic E-state index is 12.0. The highest BCUT2D eigenvalue weighted by molar-refractivity contribution is 5.89. The molecule has 21 heavy (non-hydrogen) atoms. The van der Waals surface area contributed by atoms with Crippen molar-refractivity contribution in [3.8, 4) is 0 Å². The average molecular weight is 292 g/mol. The molecule has 1 unspecified atom stereocenters. The number of amides is 2. The van der Waals surface area contributed by atoms with Gasteiger partial charge in [0.15, 0.2) is 0 Å². The summed E-state index contributed by atoms with van der Waals surface area (Å²) >= 11 is 0. The normalized spacial score (nSPS) is 20.6. The number of carbonyl (C=O) groups excluding carboxylic acids is 1. The maximum Gasteiger partial charge on any atom is 0.319 e. The molecule has 1 aliphatic heterocycles. The minimum atomic E-state index is -0.487. The summed E-state index contributed by atoms with van der Waals surface area (Å²) in [6.07, 6.45) is 0.857. The van der Waals surface area contributed by atoms with E-state index in [9.17, 15) is 14.9 Å². The van der Waals surface area contributed by atoms with Gasteiger partial charge in [0.25, 0.3) is 5.69 Å². The van der Waals surface area contributed by atoms with Crippen LogP contribution in [0.3, 0.4) is 0 Å². The third kappa shape index (κ3) is 3.91. The first-order valence-corrected chi connectivity index (χ1v) is 6.91. The van der Waals surface area contributed by atoms with E-state index in [2.05, 4.69) is 29.8 Å². The minimum absolute atomic E-state index is 0.0295. The molecule has 0 radical (unpaired) electrons. The van der Waals surface area contributed by atoms with Crippen molar-refractivity contribution in [1.29, 1.82) is 0 Å². The first-order chi connectivity index (χ1) is 9.88. The van der Waals surface area contributed by atoms with E-state index in [1.165, 1.54) is 12.1 Å². The molecule has 0 bridgehead atoms. The molecule has 1 fully saturated rings. The molecule has 1 saturated heterocycles. The first kappa shape index (κ1) is 15.2. The fraction of sp³-hybridized carbons (Fsp3) is 0.500. The maximum absolute atomic E-state index is 12.0. The number of carbonyl (C=O) groups is 1. The van der Waals surface area contributed by atoms with E-state index in [0.29, 0.717) is 5.69 Å². The van der Waals surface area contributed by atoms with Crippen LogP contribution < -0.4 is 16.0 Å². The summed E-state index contributed by atoms with van der Waals surface area (Å²) in [7, 11) is 0. The van der Waals surface area contributed by atoms with Crippen LogP contribution in [0.25, 0.3) is 0 Å². The fourth-order valence-corrected chi connectivity index (χ4v) is 2.46. The predicted molar refractivity (Wildman–Crippen MR) is 80.3 cm³/mol. The highest BCUT2D eigenvalue weighted by Gasteiger charge is 2.33. The summed E-state index contributed by atoms with van der Waals surface area (Å²) in [5, 5.41) is 19.6. The van der Waals surface area contributed by atoms with Gasteiger partial charge in [0, 0.05) is 30.4 Å². The third-order valence-electron chi connectivity index (χ3n) is 3.75. The van der Waals surface area contributed by atoms with Crippen molar-refractivity contribution < 1.29 is 9.72 Å². The zero-order chi connectivity index (χ0) is 15.5. The Labute approximate surface area is 123 Å². The van der Waals surface area contributed by atoms with Crippen molar-refractivity contribution in [3.05, 3.63) is 34.4 Å². The lowest BCUT2D eigenvalue weighted by Crippen LogP contribution is -2.55. The van der Waals surface area contributed by atoms with Gasteiger partial charge in [0.2, 0.25) is 0 Å². The van der Waals surface area contributed by atoms with Gasteiger partial charge in [0.1, 0.15) is 0 Å². The van der Waals surface area contributed by atoms with Crippen molar-refractivity contribution >= 4 is 17.4 Å². The second kappa shape index (κ2) is 6.09.